The molecule has 16 heavy (non-hydrogen) atoms. The summed E-state index contributed by atoms with van der Waals surface area (Å²) in [4.78, 5) is 11.2. The number of nitrogens with two attached hydrogens (primary N) is 2. The van der Waals surface area contributed by atoms with E-state index in [1.807, 2.05) is 0 Å². The van der Waals surface area contributed by atoms with Crippen LogP contribution in [0.2, 0.25) is 0 Å². The van der Waals surface area contributed by atoms with Gasteiger partial charge in [0.1, 0.15) is 0 Å². The zero-order chi connectivity index (χ0) is 12.0. The summed E-state index contributed by atoms with van der Waals surface area (Å²) in [6.07, 6.45) is 3.43. The number of anilines is 2. The Morgan fingerprint density at radius 2 is 2.12 bits per heavy atom. The monoisotopic (exact) mass is 221 g/mol. The molecule has 0 heterocycles. The molecule has 0 saturated heterocycles. The lowest BCUT2D eigenvalue weighted by atomic mass is 10.1. The maximum absolute atomic E-state index is 11.2. The zero-order valence-corrected chi connectivity index (χ0v) is 9.62. The van der Waals surface area contributed by atoms with E-state index in [2.05, 4.69) is 12.2 Å². The van der Waals surface area contributed by atoms with Crippen molar-refractivity contribution >= 4 is 17.3 Å². The van der Waals surface area contributed by atoms with E-state index in [1.54, 1.807) is 18.2 Å². The quantitative estimate of drug-likeness (QED) is 0.507. The van der Waals surface area contributed by atoms with Crippen LogP contribution in [0.4, 0.5) is 11.4 Å². The summed E-state index contributed by atoms with van der Waals surface area (Å²) in [5.41, 5.74) is 12.7. The number of rotatable bonds is 6. The third-order valence-electron chi connectivity index (χ3n) is 2.40. The van der Waals surface area contributed by atoms with Crippen molar-refractivity contribution in [3.63, 3.8) is 0 Å². The molecule has 0 aromatic heterocycles. The second-order valence-electron chi connectivity index (χ2n) is 3.80. The maximum Gasteiger partial charge on any atom is 0.250 e. The van der Waals surface area contributed by atoms with Crippen LogP contribution in [0, 0.1) is 0 Å². The number of unbranched alkanes of at least 4 members (excludes halogenated alkanes) is 2. The number of nitrogen functional groups attached to an aromatic ring is 1. The fraction of sp³-hybridized carbons (Fsp3) is 0.417. The van der Waals surface area contributed by atoms with Crippen molar-refractivity contribution in [1.29, 1.82) is 0 Å². The third-order valence-corrected chi connectivity index (χ3v) is 2.40. The molecule has 0 spiro atoms. The van der Waals surface area contributed by atoms with Crippen molar-refractivity contribution in [2.45, 2.75) is 26.2 Å². The average molecular weight is 221 g/mol. The Hall–Kier alpha value is -1.71. The van der Waals surface area contributed by atoms with Gasteiger partial charge in [-0.25, -0.2) is 0 Å². The molecule has 0 aliphatic rings. The molecule has 1 rings (SSSR count). The highest BCUT2D eigenvalue weighted by Crippen LogP contribution is 2.18. The lowest BCUT2D eigenvalue weighted by Crippen LogP contribution is -2.15. The van der Waals surface area contributed by atoms with Gasteiger partial charge in [-0.05, 0) is 24.6 Å². The van der Waals surface area contributed by atoms with Gasteiger partial charge in [0.15, 0.2) is 0 Å². The van der Waals surface area contributed by atoms with Crippen LogP contribution in [-0.4, -0.2) is 12.5 Å². The van der Waals surface area contributed by atoms with Crippen LogP contribution >= 0.6 is 0 Å². The Kier molecular flexibility index (Phi) is 4.64. The fourth-order valence-corrected chi connectivity index (χ4v) is 1.52. The molecule has 0 aliphatic heterocycles. The van der Waals surface area contributed by atoms with Crippen LogP contribution in [0.3, 0.4) is 0 Å². The topological polar surface area (TPSA) is 81.1 Å². The molecule has 0 saturated carbocycles. The zero-order valence-electron chi connectivity index (χ0n) is 9.62. The van der Waals surface area contributed by atoms with E-state index in [1.165, 1.54) is 12.8 Å². The SMILES string of the molecule is CCCCCNc1ccc(N)cc1C(N)=O. The molecule has 1 amide bonds. The molecule has 1 aromatic carbocycles. The van der Waals surface area contributed by atoms with E-state index in [-0.39, 0.29) is 0 Å². The molecule has 4 heteroatoms. The number of benzene rings is 1. The van der Waals surface area contributed by atoms with E-state index in [9.17, 15) is 4.79 Å². The van der Waals surface area contributed by atoms with Crippen LogP contribution in [0.25, 0.3) is 0 Å². The van der Waals surface area contributed by atoms with E-state index in [0.29, 0.717) is 11.3 Å². The Bertz CT molecular complexity index is 363. The second-order valence-corrected chi connectivity index (χ2v) is 3.80. The number of carbonyl (C=O) groups excluding carboxylic acids is 1. The maximum atomic E-state index is 11.2. The van der Waals surface area contributed by atoms with Crippen molar-refractivity contribution < 1.29 is 4.79 Å². The minimum absolute atomic E-state index is 0.453. The Balaban J connectivity index is 2.67. The molecule has 0 bridgehead atoms. The second kappa shape index (κ2) is 6.00. The summed E-state index contributed by atoms with van der Waals surface area (Å²) in [6.45, 7) is 3.00. The van der Waals surface area contributed by atoms with E-state index >= 15 is 0 Å². The number of hydrogen-bond acceptors (Lipinski definition) is 3. The van der Waals surface area contributed by atoms with Crippen LogP contribution in [0.5, 0.6) is 0 Å². The number of amides is 1. The molecular weight excluding hydrogens is 202 g/mol. The highest BCUT2D eigenvalue weighted by atomic mass is 16.1. The van der Waals surface area contributed by atoms with Gasteiger partial charge < -0.3 is 16.8 Å². The minimum atomic E-state index is -0.453. The minimum Gasteiger partial charge on any atom is -0.399 e. The first-order valence-corrected chi connectivity index (χ1v) is 5.58. The van der Waals surface area contributed by atoms with Crippen LogP contribution in [0.1, 0.15) is 36.5 Å². The van der Waals surface area contributed by atoms with Crippen molar-refractivity contribution in [1.82, 2.24) is 0 Å². The van der Waals surface area contributed by atoms with Gasteiger partial charge in [0.2, 0.25) is 0 Å². The van der Waals surface area contributed by atoms with Crippen molar-refractivity contribution in [2.24, 2.45) is 5.73 Å². The highest BCUT2D eigenvalue weighted by molar-refractivity contribution is 5.99. The summed E-state index contributed by atoms with van der Waals surface area (Å²) in [7, 11) is 0. The van der Waals surface area contributed by atoms with Gasteiger partial charge in [0.05, 0.1) is 5.56 Å². The number of hydrogen-bond donors (Lipinski definition) is 3. The molecule has 88 valence electrons. The Morgan fingerprint density at radius 1 is 1.38 bits per heavy atom. The highest BCUT2D eigenvalue weighted by Gasteiger charge is 2.07. The molecule has 0 aliphatic carbocycles. The molecular formula is C12H19N3O. The van der Waals surface area contributed by atoms with E-state index in [0.717, 1.165) is 18.7 Å². The van der Waals surface area contributed by atoms with Crippen LogP contribution in [-0.2, 0) is 0 Å². The van der Waals surface area contributed by atoms with Gasteiger partial charge in [-0.15, -0.1) is 0 Å². The first-order chi connectivity index (χ1) is 7.65. The van der Waals surface area contributed by atoms with Crippen molar-refractivity contribution in [3.8, 4) is 0 Å². The van der Waals surface area contributed by atoms with Crippen LogP contribution in [0.15, 0.2) is 18.2 Å². The summed E-state index contributed by atoms with van der Waals surface area (Å²) < 4.78 is 0. The largest absolute Gasteiger partial charge is 0.399 e. The van der Waals surface area contributed by atoms with Crippen molar-refractivity contribution in [2.75, 3.05) is 17.6 Å². The lowest BCUT2D eigenvalue weighted by molar-refractivity contribution is 0.100. The smallest absolute Gasteiger partial charge is 0.250 e. The van der Waals surface area contributed by atoms with Crippen LogP contribution < -0.4 is 16.8 Å². The summed E-state index contributed by atoms with van der Waals surface area (Å²) in [5, 5.41) is 3.20. The van der Waals surface area contributed by atoms with Gasteiger partial charge >= 0.3 is 0 Å². The molecule has 0 unspecified atom stereocenters. The van der Waals surface area contributed by atoms with Crippen molar-refractivity contribution in [3.05, 3.63) is 23.8 Å². The first kappa shape index (κ1) is 12.4. The predicted molar refractivity (Wildman–Crippen MR) is 67.4 cm³/mol. The summed E-state index contributed by atoms with van der Waals surface area (Å²) >= 11 is 0. The summed E-state index contributed by atoms with van der Waals surface area (Å²) in [6, 6.07) is 5.15. The lowest BCUT2D eigenvalue weighted by Gasteiger charge is -2.10. The van der Waals surface area contributed by atoms with E-state index < -0.39 is 5.91 Å². The van der Waals surface area contributed by atoms with Gasteiger partial charge in [-0.1, -0.05) is 19.8 Å². The van der Waals surface area contributed by atoms with Gasteiger partial charge in [-0.3, -0.25) is 4.79 Å². The Morgan fingerprint density at radius 3 is 2.75 bits per heavy atom. The normalized spacial score (nSPS) is 10.1. The molecule has 5 N–H and O–H groups in total. The Labute approximate surface area is 96.0 Å². The fourth-order valence-electron chi connectivity index (χ4n) is 1.52. The molecule has 0 atom stereocenters. The molecule has 1 aromatic rings. The summed E-state index contributed by atoms with van der Waals surface area (Å²) in [5.74, 6) is -0.453. The third kappa shape index (κ3) is 3.46. The average Bonchev–Trinajstić information content (AvgIpc) is 2.26. The van der Waals surface area contributed by atoms with Gasteiger partial charge in [0, 0.05) is 17.9 Å². The first-order valence-electron chi connectivity index (χ1n) is 5.58. The molecule has 4 nitrogen and oxygen atoms in total. The molecule has 0 radical (unpaired) electrons. The molecule has 0 fully saturated rings. The number of primary amides is 1. The van der Waals surface area contributed by atoms with Gasteiger partial charge in [0.25, 0.3) is 5.91 Å². The standard InChI is InChI=1S/C12H19N3O/c1-2-3-4-7-15-11-6-5-9(13)8-10(11)12(14)16/h5-6,8,15H,2-4,7,13H2,1H3,(H2,14,16). The van der Waals surface area contributed by atoms with Gasteiger partial charge in [-0.2, -0.15) is 0 Å². The number of carbonyl (C=O) groups is 1. The number of nitrogens with one attached hydrogen (secondary N) is 1. The predicted octanol–water partition coefficient (Wildman–Crippen LogP) is 1.97. The van der Waals surface area contributed by atoms with E-state index in [4.69, 9.17) is 11.5 Å².